The molecule has 0 bridgehead atoms. The van der Waals surface area contributed by atoms with Gasteiger partial charge in [-0.1, -0.05) is 29.8 Å². The second-order valence-electron chi connectivity index (χ2n) is 6.95. The van der Waals surface area contributed by atoms with Crippen LogP contribution in [0.1, 0.15) is 29.7 Å². The molecule has 3 rings (SSSR count). The summed E-state index contributed by atoms with van der Waals surface area (Å²) in [4.78, 5) is 11.2. The average molecular weight is 390 g/mol. The Balaban J connectivity index is 1.51. The van der Waals surface area contributed by atoms with Crippen LogP contribution in [0.25, 0.3) is 0 Å². The summed E-state index contributed by atoms with van der Waals surface area (Å²) >= 11 is 0. The fourth-order valence-corrected chi connectivity index (χ4v) is 4.33. The first-order chi connectivity index (χ1) is 12.9. The van der Waals surface area contributed by atoms with Gasteiger partial charge in [-0.05, 0) is 32.3 Å². The number of anilines is 2. The molecule has 0 aliphatic carbocycles. The number of sulfonamides is 1. The van der Waals surface area contributed by atoms with Gasteiger partial charge >= 0.3 is 0 Å². The predicted molar refractivity (Wildman–Crippen MR) is 109 cm³/mol. The van der Waals surface area contributed by atoms with E-state index in [1.54, 1.807) is 0 Å². The highest BCUT2D eigenvalue weighted by Crippen LogP contribution is 2.19. The summed E-state index contributed by atoms with van der Waals surface area (Å²) in [6, 6.07) is 9.52. The van der Waals surface area contributed by atoms with E-state index in [4.69, 9.17) is 0 Å². The minimum Gasteiger partial charge on any atom is -0.356 e. The largest absolute Gasteiger partial charge is 0.356 e. The van der Waals surface area contributed by atoms with Gasteiger partial charge in [0.05, 0.1) is 5.75 Å². The molecule has 1 fully saturated rings. The van der Waals surface area contributed by atoms with E-state index in [1.807, 2.05) is 44.2 Å². The normalized spacial score (nSPS) is 14.5. The third-order valence-corrected chi connectivity index (χ3v) is 5.80. The second-order valence-corrected chi connectivity index (χ2v) is 8.76. The van der Waals surface area contributed by atoms with Crippen LogP contribution in [0.2, 0.25) is 0 Å². The van der Waals surface area contributed by atoms with Gasteiger partial charge in [0.25, 0.3) is 0 Å². The van der Waals surface area contributed by atoms with Crippen LogP contribution in [-0.2, 0) is 15.8 Å². The smallest absolute Gasteiger partial charge is 0.224 e. The van der Waals surface area contributed by atoms with Crippen LogP contribution in [0.15, 0.2) is 30.3 Å². The van der Waals surface area contributed by atoms with Crippen molar-refractivity contribution in [1.29, 1.82) is 0 Å². The standard InChI is InChI=1S/C19H27N5O2S/c1-15-6-5-7-17(12-15)14-27(25,26)21-9-8-20-19-22-16(2)13-18(23-19)24-10-3-4-11-24/h5-7,12-13,21H,3-4,8-11,14H2,1-2H3,(H,20,22,23). The van der Waals surface area contributed by atoms with E-state index in [2.05, 4.69) is 24.9 Å². The molecule has 27 heavy (non-hydrogen) atoms. The van der Waals surface area contributed by atoms with E-state index in [9.17, 15) is 8.42 Å². The maximum Gasteiger partial charge on any atom is 0.224 e. The molecule has 2 aromatic rings. The zero-order chi connectivity index (χ0) is 19.3. The van der Waals surface area contributed by atoms with Crippen molar-refractivity contribution in [2.75, 3.05) is 36.4 Å². The lowest BCUT2D eigenvalue weighted by Gasteiger charge is -2.17. The number of aromatic nitrogens is 2. The minimum atomic E-state index is -3.37. The summed E-state index contributed by atoms with van der Waals surface area (Å²) < 4.78 is 27.1. The maximum atomic E-state index is 12.2. The van der Waals surface area contributed by atoms with Gasteiger partial charge in [0.15, 0.2) is 0 Å². The van der Waals surface area contributed by atoms with Crippen molar-refractivity contribution in [1.82, 2.24) is 14.7 Å². The lowest BCUT2D eigenvalue weighted by Crippen LogP contribution is -2.30. The molecule has 0 amide bonds. The predicted octanol–water partition coefficient (Wildman–Crippen LogP) is 2.23. The van der Waals surface area contributed by atoms with Gasteiger partial charge in [0.1, 0.15) is 5.82 Å². The first-order valence-electron chi connectivity index (χ1n) is 9.29. The molecule has 8 heteroatoms. The van der Waals surface area contributed by atoms with Crippen molar-refractivity contribution < 1.29 is 8.42 Å². The second kappa shape index (κ2) is 8.67. The van der Waals surface area contributed by atoms with E-state index < -0.39 is 10.0 Å². The number of nitrogens with zero attached hydrogens (tertiary/aromatic N) is 3. The van der Waals surface area contributed by atoms with E-state index in [0.717, 1.165) is 35.7 Å². The number of nitrogens with one attached hydrogen (secondary N) is 2. The third kappa shape index (κ3) is 5.90. The molecule has 1 saturated heterocycles. The molecule has 0 radical (unpaired) electrons. The van der Waals surface area contributed by atoms with E-state index in [-0.39, 0.29) is 12.3 Å². The Hall–Kier alpha value is -2.19. The van der Waals surface area contributed by atoms with E-state index >= 15 is 0 Å². The quantitative estimate of drug-likeness (QED) is 0.673. The molecule has 0 spiro atoms. The molecule has 1 aromatic heterocycles. The number of hydrogen-bond acceptors (Lipinski definition) is 6. The molecule has 1 aliphatic rings. The van der Waals surface area contributed by atoms with E-state index in [0.29, 0.717) is 12.5 Å². The van der Waals surface area contributed by atoms with Crippen LogP contribution >= 0.6 is 0 Å². The molecule has 0 saturated carbocycles. The van der Waals surface area contributed by atoms with Gasteiger partial charge in [-0.2, -0.15) is 4.98 Å². The first kappa shape index (κ1) is 19.6. The monoisotopic (exact) mass is 389 g/mol. The van der Waals surface area contributed by atoms with Crippen LogP contribution in [0, 0.1) is 13.8 Å². The lowest BCUT2D eigenvalue weighted by atomic mass is 10.2. The molecule has 0 unspecified atom stereocenters. The number of hydrogen-bond donors (Lipinski definition) is 2. The van der Waals surface area contributed by atoms with Crippen LogP contribution in [0.5, 0.6) is 0 Å². The fraction of sp³-hybridized carbons (Fsp3) is 0.474. The highest BCUT2D eigenvalue weighted by atomic mass is 32.2. The Kier molecular flexibility index (Phi) is 6.28. The summed E-state index contributed by atoms with van der Waals surface area (Å²) in [6.07, 6.45) is 2.38. The van der Waals surface area contributed by atoms with Crippen molar-refractivity contribution in [2.45, 2.75) is 32.4 Å². The van der Waals surface area contributed by atoms with Gasteiger partial charge in [-0.25, -0.2) is 18.1 Å². The Morgan fingerprint density at radius 3 is 2.59 bits per heavy atom. The highest BCUT2D eigenvalue weighted by molar-refractivity contribution is 7.88. The fourth-order valence-electron chi connectivity index (χ4n) is 3.19. The number of aryl methyl sites for hydroxylation is 2. The number of rotatable bonds is 8. The molecular formula is C19H27N5O2S. The van der Waals surface area contributed by atoms with Gasteiger partial charge in [-0.15, -0.1) is 0 Å². The van der Waals surface area contributed by atoms with Crippen molar-refractivity contribution in [3.63, 3.8) is 0 Å². The van der Waals surface area contributed by atoms with Gasteiger partial charge < -0.3 is 10.2 Å². The summed E-state index contributed by atoms with van der Waals surface area (Å²) in [5, 5.41) is 3.12. The molecule has 0 atom stereocenters. The van der Waals surface area contributed by atoms with Crippen LogP contribution in [-0.4, -0.2) is 44.6 Å². The molecule has 7 nitrogen and oxygen atoms in total. The molecule has 1 aromatic carbocycles. The zero-order valence-electron chi connectivity index (χ0n) is 15.9. The van der Waals surface area contributed by atoms with Crippen molar-refractivity contribution in [3.05, 3.63) is 47.2 Å². The number of benzene rings is 1. The zero-order valence-corrected chi connectivity index (χ0v) is 16.7. The molecule has 2 heterocycles. The Bertz CT molecular complexity index is 879. The van der Waals surface area contributed by atoms with Crippen LogP contribution in [0.4, 0.5) is 11.8 Å². The Morgan fingerprint density at radius 1 is 1.07 bits per heavy atom. The summed E-state index contributed by atoms with van der Waals surface area (Å²) in [6.45, 7) is 6.65. The SMILES string of the molecule is Cc1cccc(CS(=O)(=O)NCCNc2nc(C)cc(N3CCCC3)n2)c1. The molecular weight excluding hydrogens is 362 g/mol. The topological polar surface area (TPSA) is 87.2 Å². The van der Waals surface area contributed by atoms with Gasteiger partial charge in [0, 0.05) is 37.9 Å². The summed E-state index contributed by atoms with van der Waals surface area (Å²) in [5.74, 6) is 1.45. The first-order valence-corrected chi connectivity index (χ1v) is 10.9. The van der Waals surface area contributed by atoms with Crippen molar-refractivity contribution in [2.24, 2.45) is 0 Å². The third-order valence-electron chi connectivity index (χ3n) is 4.44. The van der Waals surface area contributed by atoms with Gasteiger partial charge in [-0.3, -0.25) is 0 Å². The average Bonchev–Trinajstić information content (AvgIpc) is 3.13. The molecule has 2 N–H and O–H groups in total. The molecule has 146 valence electrons. The molecule has 1 aliphatic heterocycles. The summed E-state index contributed by atoms with van der Waals surface area (Å²) in [5.41, 5.74) is 2.73. The van der Waals surface area contributed by atoms with Crippen LogP contribution < -0.4 is 14.9 Å². The summed E-state index contributed by atoms with van der Waals surface area (Å²) in [7, 11) is -3.37. The maximum absolute atomic E-state index is 12.2. The Morgan fingerprint density at radius 2 is 1.85 bits per heavy atom. The minimum absolute atomic E-state index is 0.0191. The van der Waals surface area contributed by atoms with Crippen LogP contribution in [0.3, 0.4) is 0 Å². The van der Waals surface area contributed by atoms with Crippen molar-refractivity contribution in [3.8, 4) is 0 Å². The highest BCUT2D eigenvalue weighted by Gasteiger charge is 2.15. The Labute approximate surface area is 161 Å². The van der Waals surface area contributed by atoms with Gasteiger partial charge in [0.2, 0.25) is 16.0 Å². The van der Waals surface area contributed by atoms with E-state index in [1.165, 1.54) is 12.8 Å². The lowest BCUT2D eigenvalue weighted by molar-refractivity contribution is 0.582. The van der Waals surface area contributed by atoms with Crippen molar-refractivity contribution >= 4 is 21.8 Å².